The van der Waals surface area contributed by atoms with E-state index >= 15 is 0 Å². The summed E-state index contributed by atoms with van der Waals surface area (Å²) in [6.07, 6.45) is 12.2. The quantitative estimate of drug-likeness (QED) is 0.359. The van der Waals surface area contributed by atoms with Crippen molar-refractivity contribution in [3.63, 3.8) is 0 Å². The lowest BCUT2D eigenvalue weighted by atomic mass is 10.0. The first-order valence-corrected chi connectivity index (χ1v) is 10.1. The van der Waals surface area contributed by atoms with Gasteiger partial charge in [0.25, 0.3) is 0 Å². The average Bonchev–Trinajstić information content (AvgIpc) is 2.61. The molecule has 0 radical (unpaired) electrons. The maximum Gasteiger partial charge on any atom is 0.127 e. The summed E-state index contributed by atoms with van der Waals surface area (Å²) in [5.74, 6) is 2.70. The van der Waals surface area contributed by atoms with Crippen molar-refractivity contribution >= 4 is 0 Å². The lowest BCUT2D eigenvalue weighted by Crippen LogP contribution is -1.89. The zero-order chi connectivity index (χ0) is 17.7. The van der Waals surface area contributed by atoms with Crippen molar-refractivity contribution in [2.45, 2.75) is 71.6 Å². The van der Waals surface area contributed by atoms with Crippen molar-refractivity contribution in [2.24, 2.45) is 5.92 Å². The molecule has 0 aromatic heterocycles. The van der Waals surface area contributed by atoms with Crippen LogP contribution in [0.1, 0.15) is 70.8 Å². The van der Waals surface area contributed by atoms with Crippen molar-refractivity contribution in [3.8, 4) is 11.5 Å². The molecule has 25 heavy (non-hydrogen) atoms. The average molecular weight is 339 g/mol. The topological polar surface area (TPSA) is 9.23 Å². The van der Waals surface area contributed by atoms with E-state index in [4.69, 9.17) is 4.74 Å². The molecule has 0 saturated heterocycles. The van der Waals surface area contributed by atoms with Gasteiger partial charge in [0, 0.05) is 0 Å². The third-order valence-electron chi connectivity index (χ3n) is 4.62. The summed E-state index contributed by atoms with van der Waals surface area (Å²) < 4.78 is 5.92. The van der Waals surface area contributed by atoms with Crippen LogP contribution in [-0.4, -0.2) is 0 Å². The van der Waals surface area contributed by atoms with Crippen LogP contribution in [0.2, 0.25) is 0 Å². The number of ether oxygens (including phenoxy) is 1. The maximum atomic E-state index is 5.92. The fraction of sp³-hybridized carbons (Fsp3) is 0.500. The third-order valence-corrected chi connectivity index (χ3v) is 4.62. The summed E-state index contributed by atoms with van der Waals surface area (Å²) in [5.41, 5.74) is 1.38. The highest BCUT2D eigenvalue weighted by atomic mass is 16.5. The molecule has 2 aromatic rings. The Morgan fingerprint density at radius 1 is 0.680 bits per heavy atom. The molecule has 0 heterocycles. The molecule has 2 aromatic carbocycles. The van der Waals surface area contributed by atoms with E-state index < -0.39 is 0 Å². The van der Waals surface area contributed by atoms with Gasteiger partial charge >= 0.3 is 0 Å². The second-order valence-electron chi connectivity index (χ2n) is 7.47. The smallest absolute Gasteiger partial charge is 0.127 e. The Kier molecular flexibility index (Phi) is 9.18. The summed E-state index contributed by atoms with van der Waals surface area (Å²) in [4.78, 5) is 0. The molecule has 0 unspecified atom stereocenters. The molecule has 0 spiro atoms. The van der Waals surface area contributed by atoms with Crippen LogP contribution < -0.4 is 4.74 Å². The zero-order valence-electron chi connectivity index (χ0n) is 16.0. The lowest BCUT2D eigenvalue weighted by molar-refractivity contribution is 0.481. The number of benzene rings is 2. The standard InChI is InChI=1S/C24H34O/c1-21(2)14-9-6-4-3-5-7-10-15-22-16-13-19-24(20-22)25-23-17-11-8-12-18-23/h8,11-13,16-21H,3-7,9-10,14-15H2,1-2H3. The van der Waals surface area contributed by atoms with Gasteiger partial charge in [0.2, 0.25) is 0 Å². The van der Waals surface area contributed by atoms with Gasteiger partial charge in [-0.2, -0.15) is 0 Å². The second kappa shape index (κ2) is 11.7. The highest BCUT2D eigenvalue weighted by Crippen LogP contribution is 2.22. The van der Waals surface area contributed by atoms with Gasteiger partial charge in [-0.25, -0.2) is 0 Å². The number of aryl methyl sites for hydroxylation is 1. The van der Waals surface area contributed by atoms with Crippen LogP contribution in [0.15, 0.2) is 54.6 Å². The summed E-state index contributed by atoms with van der Waals surface area (Å²) in [5, 5.41) is 0. The second-order valence-corrected chi connectivity index (χ2v) is 7.47. The van der Waals surface area contributed by atoms with Gasteiger partial charge in [-0.3, -0.25) is 0 Å². The molecule has 0 aliphatic rings. The molecule has 1 nitrogen and oxygen atoms in total. The Morgan fingerprint density at radius 2 is 1.32 bits per heavy atom. The molecule has 0 fully saturated rings. The van der Waals surface area contributed by atoms with Crippen LogP contribution in [0.25, 0.3) is 0 Å². The minimum atomic E-state index is 0.863. The van der Waals surface area contributed by atoms with Gasteiger partial charge < -0.3 is 4.74 Å². The van der Waals surface area contributed by atoms with Crippen LogP contribution in [0.3, 0.4) is 0 Å². The highest BCUT2D eigenvalue weighted by Gasteiger charge is 2.00. The lowest BCUT2D eigenvalue weighted by Gasteiger charge is -2.08. The predicted octanol–water partition coefficient (Wildman–Crippen LogP) is 7.80. The van der Waals surface area contributed by atoms with Gasteiger partial charge in [0.1, 0.15) is 11.5 Å². The normalized spacial score (nSPS) is 11.0. The molecular formula is C24H34O. The Hall–Kier alpha value is -1.76. The highest BCUT2D eigenvalue weighted by molar-refractivity contribution is 5.33. The van der Waals surface area contributed by atoms with Crippen molar-refractivity contribution in [1.29, 1.82) is 0 Å². The van der Waals surface area contributed by atoms with Crippen LogP contribution in [0.5, 0.6) is 11.5 Å². The number of rotatable bonds is 12. The van der Waals surface area contributed by atoms with E-state index in [1.807, 2.05) is 36.4 Å². The molecule has 0 amide bonds. The Balaban J connectivity index is 1.59. The van der Waals surface area contributed by atoms with E-state index in [1.54, 1.807) is 0 Å². The van der Waals surface area contributed by atoms with E-state index in [1.165, 1.54) is 56.9 Å². The van der Waals surface area contributed by atoms with Gasteiger partial charge in [-0.15, -0.1) is 0 Å². The molecule has 0 bridgehead atoms. The number of unbranched alkanes of at least 4 members (excludes halogenated alkanes) is 6. The third kappa shape index (κ3) is 8.77. The first kappa shape index (κ1) is 19.6. The summed E-state index contributed by atoms with van der Waals surface area (Å²) in [7, 11) is 0. The Labute approximate surface area is 154 Å². The van der Waals surface area contributed by atoms with Crippen molar-refractivity contribution in [3.05, 3.63) is 60.2 Å². The van der Waals surface area contributed by atoms with E-state index in [0.717, 1.165) is 23.8 Å². The first-order chi connectivity index (χ1) is 12.2. The van der Waals surface area contributed by atoms with Crippen molar-refractivity contribution in [1.82, 2.24) is 0 Å². The Morgan fingerprint density at radius 3 is 2.04 bits per heavy atom. The minimum absolute atomic E-state index is 0.863. The number of hydrogen-bond acceptors (Lipinski definition) is 1. The van der Waals surface area contributed by atoms with Crippen LogP contribution in [0, 0.1) is 5.92 Å². The minimum Gasteiger partial charge on any atom is -0.457 e. The van der Waals surface area contributed by atoms with E-state index in [0.29, 0.717) is 0 Å². The number of hydrogen-bond donors (Lipinski definition) is 0. The zero-order valence-corrected chi connectivity index (χ0v) is 16.0. The molecule has 0 atom stereocenters. The van der Waals surface area contributed by atoms with E-state index in [2.05, 4.69) is 32.0 Å². The van der Waals surface area contributed by atoms with E-state index in [9.17, 15) is 0 Å². The first-order valence-electron chi connectivity index (χ1n) is 10.1. The molecule has 0 aliphatic heterocycles. The van der Waals surface area contributed by atoms with Crippen LogP contribution >= 0.6 is 0 Å². The van der Waals surface area contributed by atoms with Crippen LogP contribution in [0.4, 0.5) is 0 Å². The summed E-state index contributed by atoms with van der Waals surface area (Å²) in [6, 6.07) is 18.5. The molecule has 136 valence electrons. The van der Waals surface area contributed by atoms with Gasteiger partial charge in [0.15, 0.2) is 0 Å². The summed E-state index contributed by atoms with van der Waals surface area (Å²) >= 11 is 0. The summed E-state index contributed by atoms with van der Waals surface area (Å²) in [6.45, 7) is 4.64. The molecule has 0 aliphatic carbocycles. The monoisotopic (exact) mass is 338 g/mol. The molecule has 0 saturated carbocycles. The molecule has 0 N–H and O–H groups in total. The molecule has 1 heteroatoms. The van der Waals surface area contributed by atoms with Gasteiger partial charge in [-0.05, 0) is 48.6 Å². The largest absolute Gasteiger partial charge is 0.457 e. The van der Waals surface area contributed by atoms with Gasteiger partial charge in [0.05, 0.1) is 0 Å². The van der Waals surface area contributed by atoms with Crippen LogP contribution in [-0.2, 0) is 6.42 Å². The van der Waals surface area contributed by atoms with Crippen molar-refractivity contribution in [2.75, 3.05) is 0 Å². The van der Waals surface area contributed by atoms with Gasteiger partial charge in [-0.1, -0.05) is 89.1 Å². The molecule has 2 rings (SSSR count). The fourth-order valence-corrected chi connectivity index (χ4v) is 3.15. The molecular weight excluding hydrogens is 304 g/mol. The Bertz CT molecular complexity index is 574. The number of para-hydroxylation sites is 1. The fourth-order valence-electron chi connectivity index (χ4n) is 3.15. The maximum absolute atomic E-state index is 5.92. The van der Waals surface area contributed by atoms with E-state index in [-0.39, 0.29) is 0 Å². The van der Waals surface area contributed by atoms with Crippen molar-refractivity contribution < 1.29 is 4.74 Å². The SMILES string of the molecule is CC(C)CCCCCCCCCc1cccc(Oc2ccccc2)c1. The predicted molar refractivity (Wildman–Crippen MR) is 108 cm³/mol.